The summed E-state index contributed by atoms with van der Waals surface area (Å²) < 4.78 is 48.9. The van der Waals surface area contributed by atoms with Crippen molar-refractivity contribution in [1.29, 1.82) is 0 Å². The lowest BCUT2D eigenvalue weighted by Gasteiger charge is -2.41. The number of alkyl halides is 3. The third kappa shape index (κ3) is 4.31. The van der Waals surface area contributed by atoms with Crippen LogP contribution in [0.2, 0.25) is 0 Å². The van der Waals surface area contributed by atoms with E-state index in [1.54, 1.807) is 7.11 Å². The van der Waals surface area contributed by atoms with Gasteiger partial charge in [-0.3, -0.25) is 4.79 Å². The second kappa shape index (κ2) is 8.88. The van der Waals surface area contributed by atoms with Crippen molar-refractivity contribution < 1.29 is 27.2 Å². The fourth-order valence-corrected chi connectivity index (χ4v) is 4.88. The Morgan fingerprint density at radius 3 is 2.77 bits per heavy atom. The largest absolute Gasteiger partial charge is 0.471 e. The van der Waals surface area contributed by atoms with Crippen LogP contribution in [0.15, 0.2) is 47.0 Å². The van der Waals surface area contributed by atoms with E-state index in [2.05, 4.69) is 25.3 Å². The fourth-order valence-electron chi connectivity index (χ4n) is 4.88. The number of carbonyl (C=O) groups is 1. The molecule has 35 heavy (non-hydrogen) atoms. The van der Waals surface area contributed by atoms with Gasteiger partial charge in [0, 0.05) is 38.0 Å². The van der Waals surface area contributed by atoms with Crippen molar-refractivity contribution in [3.8, 4) is 11.4 Å². The molecule has 0 bridgehead atoms. The van der Waals surface area contributed by atoms with E-state index in [1.165, 1.54) is 0 Å². The number of ether oxygens (including phenoxy) is 1. The van der Waals surface area contributed by atoms with Gasteiger partial charge in [-0.1, -0.05) is 23.4 Å². The SMILES string of the molecule is COCc1nc(-c2ccc3c(c2)N(C)c2ccccc2[C@@H]2C[C@@H](NC(=O)C(F)(F)F)CCN32)no1. The molecule has 11 heteroatoms. The Morgan fingerprint density at radius 1 is 1.20 bits per heavy atom. The van der Waals surface area contributed by atoms with Gasteiger partial charge in [0.2, 0.25) is 5.82 Å². The van der Waals surface area contributed by atoms with Gasteiger partial charge in [0.25, 0.3) is 5.89 Å². The Bertz CT molecular complexity index is 1250. The van der Waals surface area contributed by atoms with Crippen LogP contribution in [0.1, 0.15) is 30.3 Å². The molecule has 0 spiro atoms. The molecule has 0 radical (unpaired) electrons. The minimum Gasteiger partial charge on any atom is -0.375 e. The second-order valence-corrected chi connectivity index (χ2v) is 8.67. The number of aromatic nitrogens is 2. The highest BCUT2D eigenvalue weighted by molar-refractivity contribution is 5.85. The lowest BCUT2D eigenvalue weighted by atomic mass is 9.90. The average molecular weight is 487 g/mol. The summed E-state index contributed by atoms with van der Waals surface area (Å²) in [5.74, 6) is -1.08. The molecule has 0 unspecified atom stereocenters. The summed E-state index contributed by atoms with van der Waals surface area (Å²) in [6.45, 7) is 0.703. The standard InChI is InChI=1S/C24H24F3N5O3/c1-31-17-6-4-3-5-16(17)19-12-15(28-23(33)24(25,26)27)9-10-32(19)18-8-7-14(11-20(18)31)22-29-21(13-34-2)35-30-22/h3-8,11,15,19H,9-10,12-13H2,1-2H3,(H,28,33)/t15-,19-/m0/s1. The summed E-state index contributed by atoms with van der Waals surface area (Å²) in [5.41, 5.74) is 4.55. The van der Waals surface area contributed by atoms with Crippen LogP contribution in [0.5, 0.6) is 0 Å². The van der Waals surface area contributed by atoms with Crippen molar-refractivity contribution in [3.05, 3.63) is 53.9 Å². The smallest absolute Gasteiger partial charge is 0.375 e. The van der Waals surface area contributed by atoms with Crippen LogP contribution in [0, 0.1) is 0 Å². The number of para-hydroxylation sites is 1. The third-order valence-corrected chi connectivity index (χ3v) is 6.49. The minimum absolute atomic E-state index is 0.202. The van der Waals surface area contributed by atoms with Crippen molar-refractivity contribution in [3.63, 3.8) is 0 Å². The van der Waals surface area contributed by atoms with Gasteiger partial charge in [0.1, 0.15) is 6.61 Å². The van der Waals surface area contributed by atoms with Gasteiger partial charge in [-0.15, -0.1) is 0 Å². The lowest BCUT2D eigenvalue weighted by molar-refractivity contribution is -0.174. The summed E-state index contributed by atoms with van der Waals surface area (Å²) in [5, 5.41) is 6.24. The van der Waals surface area contributed by atoms with Gasteiger partial charge in [-0.25, -0.2) is 0 Å². The molecule has 2 aliphatic heterocycles. The summed E-state index contributed by atoms with van der Waals surface area (Å²) in [6.07, 6.45) is -4.14. The van der Waals surface area contributed by atoms with E-state index in [1.807, 2.05) is 49.5 Å². The normalized spacial score (nSPS) is 19.5. The zero-order chi connectivity index (χ0) is 24.7. The van der Waals surface area contributed by atoms with Crippen LogP contribution in [-0.2, 0) is 16.1 Å². The highest BCUT2D eigenvalue weighted by Crippen LogP contribution is 2.48. The van der Waals surface area contributed by atoms with Gasteiger partial charge in [-0.05, 0) is 42.7 Å². The van der Waals surface area contributed by atoms with Crippen molar-refractivity contribution in [2.24, 2.45) is 0 Å². The van der Waals surface area contributed by atoms with E-state index in [0.717, 1.165) is 28.2 Å². The van der Waals surface area contributed by atoms with Gasteiger partial charge in [-0.2, -0.15) is 18.2 Å². The number of halogens is 3. The summed E-state index contributed by atoms with van der Waals surface area (Å²) in [4.78, 5) is 20.2. The number of amides is 1. The number of nitrogens with one attached hydrogen (secondary N) is 1. The number of fused-ring (bicyclic) bond motifs is 5. The first kappa shape index (κ1) is 23.2. The average Bonchev–Trinajstić information content (AvgIpc) is 3.28. The quantitative estimate of drug-likeness (QED) is 0.586. The molecule has 2 aliphatic rings. The van der Waals surface area contributed by atoms with Crippen LogP contribution in [0.3, 0.4) is 0 Å². The molecule has 2 atom stereocenters. The number of nitrogens with zero attached hydrogens (tertiary/aromatic N) is 4. The highest BCUT2D eigenvalue weighted by atomic mass is 19.4. The number of hydrogen-bond donors (Lipinski definition) is 1. The highest BCUT2D eigenvalue weighted by Gasteiger charge is 2.42. The van der Waals surface area contributed by atoms with Crippen molar-refractivity contribution in [1.82, 2.24) is 15.5 Å². The van der Waals surface area contributed by atoms with Crippen LogP contribution in [0.4, 0.5) is 30.2 Å². The molecular formula is C24H24F3N5O3. The zero-order valence-electron chi connectivity index (χ0n) is 19.2. The third-order valence-electron chi connectivity index (χ3n) is 6.49. The Morgan fingerprint density at radius 2 is 2.00 bits per heavy atom. The Hall–Kier alpha value is -3.60. The number of benzene rings is 2. The molecule has 1 N–H and O–H groups in total. The molecule has 1 amide bonds. The topological polar surface area (TPSA) is 83.7 Å². The van der Waals surface area contributed by atoms with Crippen LogP contribution in [0.25, 0.3) is 11.4 Å². The van der Waals surface area contributed by atoms with E-state index in [9.17, 15) is 18.0 Å². The Kier molecular flexibility index (Phi) is 5.87. The Labute approximate surface area is 199 Å². The summed E-state index contributed by atoms with van der Waals surface area (Å²) >= 11 is 0. The first-order chi connectivity index (χ1) is 16.8. The molecule has 3 aromatic rings. The fraction of sp³-hybridized carbons (Fsp3) is 0.375. The Balaban J connectivity index is 1.52. The summed E-state index contributed by atoms with van der Waals surface area (Å²) in [6, 6.07) is 12.9. The molecular weight excluding hydrogens is 463 g/mol. The number of rotatable bonds is 4. The number of hydrogen-bond acceptors (Lipinski definition) is 7. The van der Waals surface area contributed by atoms with E-state index < -0.39 is 18.1 Å². The predicted octanol–water partition coefficient (Wildman–Crippen LogP) is 4.35. The molecule has 5 rings (SSSR count). The predicted molar refractivity (Wildman–Crippen MR) is 122 cm³/mol. The molecule has 1 aromatic heterocycles. The van der Waals surface area contributed by atoms with Crippen LogP contribution in [-0.4, -0.2) is 49.0 Å². The number of piperidine rings is 1. The molecule has 1 saturated heterocycles. The molecule has 3 heterocycles. The summed E-state index contributed by atoms with van der Waals surface area (Å²) in [7, 11) is 3.50. The molecule has 2 aromatic carbocycles. The van der Waals surface area contributed by atoms with Gasteiger partial charge in [0.05, 0.1) is 17.4 Å². The van der Waals surface area contributed by atoms with Crippen molar-refractivity contribution in [2.75, 3.05) is 30.5 Å². The van der Waals surface area contributed by atoms with Crippen LogP contribution >= 0.6 is 0 Å². The first-order valence-electron chi connectivity index (χ1n) is 11.2. The number of carbonyl (C=O) groups excluding carboxylic acids is 1. The molecule has 0 saturated carbocycles. The van der Waals surface area contributed by atoms with E-state index in [4.69, 9.17) is 9.26 Å². The van der Waals surface area contributed by atoms with Gasteiger partial charge < -0.3 is 24.4 Å². The van der Waals surface area contributed by atoms with Crippen molar-refractivity contribution in [2.45, 2.75) is 37.7 Å². The number of methoxy groups -OCH3 is 1. The second-order valence-electron chi connectivity index (χ2n) is 8.67. The molecule has 0 aliphatic carbocycles. The zero-order valence-corrected chi connectivity index (χ0v) is 19.2. The number of anilines is 3. The van der Waals surface area contributed by atoms with Gasteiger partial charge >= 0.3 is 12.1 Å². The monoisotopic (exact) mass is 487 g/mol. The maximum absolute atomic E-state index is 12.9. The van der Waals surface area contributed by atoms with Gasteiger partial charge in [0.15, 0.2) is 0 Å². The minimum atomic E-state index is -4.90. The molecule has 1 fully saturated rings. The van der Waals surface area contributed by atoms with E-state index in [-0.39, 0.29) is 12.6 Å². The van der Waals surface area contributed by atoms with E-state index >= 15 is 0 Å². The molecule has 184 valence electrons. The first-order valence-corrected chi connectivity index (χ1v) is 11.2. The maximum Gasteiger partial charge on any atom is 0.471 e. The lowest BCUT2D eigenvalue weighted by Crippen LogP contribution is -2.49. The maximum atomic E-state index is 12.9. The van der Waals surface area contributed by atoms with E-state index in [0.29, 0.717) is 31.1 Å². The van der Waals surface area contributed by atoms with Crippen molar-refractivity contribution >= 4 is 23.0 Å². The molecule has 8 nitrogen and oxygen atoms in total. The van der Waals surface area contributed by atoms with Crippen LogP contribution < -0.4 is 15.1 Å².